The van der Waals surface area contributed by atoms with Crippen molar-refractivity contribution in [1.82, 2.24) is 9.97 Å². The fourth-order valence-electron chi connectivity index (χ4n) is 2.90. The van der Waals surface area contributed by atoms with E-state index in [9.17, 15) is 9.18 Å². The summed E-state index contributed by atoms with van der Waals surface area (Å²) in [5.74, 6) is -0.160. The normalized spacial score (nSPS) is 10.8. The van der Waals surface area contributed by atoms with E-state index in [0.717, 1.165) is 28.0 Å². The first kappa shape index (κ1) is 19.1. The highest BCUT2D eigenvalue weighted by Gasteiger charge is 2.13. The Bertz CT molecular complexity index is 1130. The number of nitrogens with zero attached hydrogens (tertiary/aromatic N) is 2. The van der Waals surface area contributed by atoms with Crippen LogP contribution in [0.1, 0.15) is 11.3 Å². The Morgan fingerprint density at radius 2 is 1.52 bits per heavy atom. The van der Waals surface area contributed by atoms with Crippen molar-refractivity contribution in [2.45, 2.75) is 11.4 Å². The minimum absolute atomic E-state index is 0.108. The number of fused-ring (bicyclic) bond motifs is 1. The molecule has 1 aromatic heterocycles. The molecule has 0 bridgehead atoms. The molecule has 4 rings (SSSR count). The Morgan fingerprint density at radius 1 is 0.862 bits per heavy atom. The maximum Gasteiger partial charge on any atom is 0.234 e. The Balaban J connectivity index is 1.56. The van der Waals surface area contributed by atoms with Crippen molar-refractivity contribution in [2.24, 2.45) is 0 Å². The maximum atomic E-state index is 13.2. The van der Waals surface area contributed by atoms with Gasteiger partial charge in [0, 0.05) is 12.1 Å². The van der Waals surface area contributed by atoms with Gasteiger partial charge in [-0.2, -0.15) is 0 Å². The number of thioether (sulfide) groups is 1. The fourth-order valence-corrected chi connectivity index (χ4v) is 3.69. The molecule has 144 valence electrons. The maximum absolute atomic E-state index is 13.2. The van der Waals surface area contributed by atoms with Crippen molar-refractivity contribution in [3.05, 3.63) is 95.9 Å². The standard InChI is InChI=1S/C23H18FN3OS/c24-17-12-10-16(11-13-17)14-21-23(27-20-9-5-4-8-19(20)26-21)29-15-22(28)25-18-6-2-1-3-7-18/h1-13H,14-15H2,(H,25,28). The van der Waals surface area contributed by atoms with Gasteiger partial charge < -0.3 is 5.32 Å². The minimum Gasteiger partial charge on any atom is -0.325 e. The van der Waals surface area contributed by atoms with Gasteiger partial charge >= 0.3 is 0 Å². The van der Waals surface area contributed by atoms with Crippen LogP contribution in [0.25, 0.3) is 11.0 Å². The van der Waals surface area contributed by atoms with Crippen LogP contribution in [-0.2, 0) is 11.2 Å². The second-order valence-electron chi connectivity index (χ2n) is 6.47. The molecule has 0 radical (unpaired) electrons. The van der Waals surface area contributed by atoms with E-state index < -0.39 is 0 Å². The molecule has 0 saturated heterocycles. The van der Waals surface area contributed by atoms with Gasteiger partial charge in [-0.15, -0.1) is 0 Å². The summed E-state index contributed by atoms with van der Waals surface area (Å²) in [4.78, 5) is 21.8. The molecular weight excluding hydrogens is 385 g/mol. The van der Waals surface area contributed by atoms with E-state index in [4.69, 9.17) is 9.97 Å². The van der Waals surface area contributed by atoms with Gasteiger partial charge in [-0.1, -0.05) is 54.2 Å². The first-order valence-corrected chi connectivity index (χ1v) is 10.1. The topological polar surface area (TPSA) is 54.9 Å². The van der Waals surface area contributed by atoms with Gasteiger partial charge in [-0.05, 0) is 42.0 Å². The molecule has 0 spiro atoms. The van der Waals surface area contributed by atoms with E-state index in [0.29, 0.717) is 11.4 Å². The van der Waals surface area contributed by atoms with E-state index in [-0.39, 0.29) is 17.5 Å². The third kappa shape index (κ3) is 4.97. The highest BCUT2D eigenvalue weighted by atomic mass is 32.2. The lowest BCUT2D eigenvalue weighted by molar-refractivity contribution is -0.113. The number of hydrogen-bond acceptors (Lipinski definition) is 4. The van der Waals surface area contributed by atoms with Gasteiger partial charge in [0.1, 0.15) is 10.8 Å². The average Bonchev–Trinajstić information content (AvgIpc) is 2.74. The quantitative estimate of drug-likeness (QED) is 0.456. The van der Waals surface area contributed by atoms with Crippen LogP contribution in [0, 0.1) is 5.82 Å². The summed E-state index contributed by atoms with van der Waals surface area (Å²) in [6.07, 6.45) is 0.515. The highest BCUT2D eigenvalue weighted by Crippen LogP contribution is 2.25. The molecule has 1 amide bonds. The molecular formula is C23H18FN3OS. The van der Waals surface area contributed by atoms with Gasteiger partial charge in [0.2, 0.25) is 5.91 Å². The number of carbonyl (C=O) groups is 1. The van der Waals surface area contributed by atoms with Crippen molar-refractivity contribution in [3.8, 4) is 0 Å². The van der Waals surface area contributed by atoms with Crippen LogP contribution in [0.2, 0.25) is 0 Å². The van der Waals surface area contributed by atoms with Crippen molar-refractivity contribution >= 4 is 34.4 Å². The number of carbonyl (C=O) groups excluding carboxylic acids is 1. The number of rotatable bonds is 6. The molecule has 6 heteroatoms. The Hall–Kier alpha value is -3.25. The number of hydrogen-bond donors (Lipinski definition) is 1. The summed E-state index contributed by atoms with van der Waals surface area (Å²) in [5.41, 5.74) is 4.04. The molecule has 3 aromatic carbocycles. The molecule has 4 nitrogen and oxygen atoms in total. The lowest BCUT2D eigenvalue weighted by atomic mass is 10.1. The number of amides is 1. The Morgan fingerprint density at radius 3 is 2.24 bits per heavy atom. The van der Waals surface area contributed by atoms with Gasteiger partial charge in [0.05, 0.1) is 22.5 Å². The number of anilines is 1. The molecule has 29 heavy (non-hydrogen) atoms. The molecule has 0 aliphatic heterocycles. The summed E-state index contributed by atoms with van der Waals surface area (Å²) < 4.78 is 13.2. The van der Waals surface area contributed by atoms with Crippen molar-refractivity contribution in [3.63, 3.8) is 0 Å². The number of nitrogens with one attached hydrogen (secondary N) is 1. The summed E-state index contributed by atoms with van der Waals surface area (Å²) in [7, 11) is 0. The predicted molar refractivity (Wildman–Crippen MR) is 115 cm³/mol. The summed E-state index contributed by atoms with van der Waals surface area (Å²) in [6.45, 7) is 0. The first-order chi connectivity index (χ1) is 14.2. The van der Waals surface area contributed by atoms with Crippen molar-refractivity contribution in [1.29, 1.82) is 0 Å². The molecule has 0 unspecified atom stereocenters. The monoisotopic (exact) mass is 403 g/mol. The summed E-state index contributed by atoms with van der Waals surface area (Å²) >= 11 is 1.35. The summed E-state index contributed by atoms with van der Waals surface area (Å²) in [6, 6.07) is 23.3. The second-order valence-corrected chi connectivity index (χ2v) is 7.43. The van der Waals surface area contributed by atoms with Gasteiger partial charge in [-0.25, -0.2) is 14.4 Å². The van der Waals surface area contributed by atoms with Crippen LogP contribution in [0.3, 0.4) is 0 Å². The summed E-state index contributed by atoms with van der Waals surface area (Å²) in [5, 5.41) is 3.58. The smallest absolute Gasteiger partial charge is 0.234 e. The SMILES string of the molecule is O=C(CSc1nc2ccccc2nc1Cc1ccc(F)cc1)Nc1ccccc1. The first-order valence-electron chi connectivity index (χ1n) is 9.15. The van der Waals surface area contributed by atoms with E-state index in [2.05, 4.69) is 5.32 Å². The lowest BCUT2D eigenvalue weighted by Crippen LogP contribution is -2.14. The van der Waals surface area contributed by atoms with Crippen LogP contribution in [0.5, 0.6) is 0 Å². The van der Waals surface area contributed by atoms with Gasteiger partial charge in [0.15, 0.2) is 0 Å². The molecule has 0 saturated carbocycles. The van der Waals surface area contributed by atoms with E-state index in [1.165, 1.54) is 23.9 Å². The van der Waals surface area contributed by atoms with Crippen LogP contribution in [0.15, 0.2) is 83.9 Å². The van der Waals surface area contributed by atoms with Crippen molar-refractivity contribution in [2.75, 3.05) is 11.1 Å². The van der Waals surface area contributed by atoms with E-state index in [1.54, 1.807) is 12.1 Å². The second kappa shape index (κ2) is 8.84. The number of halogens is 1. The van der Waals surface area contributed by atoms with Crippen LogP contribution < -0.4 is 5.32 Å². The lowest BCUT2D eigenvalue weighted by Gasteiger charge is -2.10. The Kier molecular flexibility index (Phi) is 5.81. The zero-order valence-corrected chi connectivity index (χ0v) is 16.3. The zero-order valence-electron chi connectivity index (χ0n) is 15.5. The molecule has 1 heterocycles. The number of para-hydroxylation sites is 3. The van der Waals surface area contributed by atoms with Gasteiger partial charge in [0.25, 0.3) is 0 Å². The third-order valence-electron chi connectivity index (χ3n) is 4.29. The third-order valence-corrected chi connectivity index (χ3v) is 5.30. The number of benzene rings is 3. The van der Waals surface area contributed by atoms with E-state index >= 15 is 0 Å². The Labute approximate surface area is 172 Å². The minimum atomic E-state index is -0.273. The molecule has 1 N–H and O–H groups in total. The van der Waals surface area contributed by atoms with E-state index in [1.807, 2.05) is 54.6 Å². The highest BCUT2D eigenvalue weighted by molar-refractivity contribution is 8.00. The van der Waals surface area contributed by atoms with Crippen LogP contribution in [0.4, 0.5) is 10.1 Å². The average molecular weight is 403 g/mol. The molecule has 4 aromatic rings. The molecule has 0 aliphatic carbocycles. The zero-order chi connectivity index (χ0) is 20.1. The fraction of sp³-hybridized carbons (Fsp3) is 0.0870. The van der Waals surface area contributed by atoms with Crippen molar-refractivity contribution < 1.29 is 9.18 Å². The predicted octanol–water partition coefficient (Wildman–Crippen LogP) is 5.09. The van der Waals surface area contributed by atoms with Crippen LogP contribution in [-0.4, -0.2) is 21.6 Å². The van der Waals surface area contributed by atoms with Gasteiger partial charge in [-0.3, -0.25) is 4.79 Å². The molecule has 0 atom stereocenters. The largest absolute Gasteiger partial charge is 0.325 e. The van der Waals surface area contributed by atoms with Crippen LogP contribution >= 0.6 is 11.8 Å². The molecule has 0 aliphatic rings. The number of aromatic nitrogens is 2. The molecule has 0 fully saturated rings.